The Balaban J connectivity index is 1.65. The maximum Gasteiger partial charge on any atom is 0.226 e. The molecule has 0 bridgehead atoms. The van der Waals surface area contributed by atoms with Crippen LogP contribution in [-0.2, 0) is 4.79 Å². The summed E-state index contributed by atoms with van der Waals surface area (Å²) in [7, 11) is 0. The van der Waals surface area contributed by atoms with Gasteiger partial charge in [0.05, 0.1) is 12.2 Å². The third kappa shape index (κ3) is 2.79. The lowest BCUT2D eigenvalue weighted by molar-refractivity contribution is -0.137. The zero-order chi connectivity index (χ0) is 13.9. The van der Waals surface area contributed by atoms with Crippen molar-refractivity contribution in [1.82, 2.24) is 14.7 Å². The maximum atomic E-state index is 12.6. The lowest BCUT2D eigenvalue weighted by Gasteiger charge is -2.35. The van der Waals surface area contributed by atoms with Crippen LogP contribution in [0, 0.1) is 12.8 Å². The van der Waals surface area contributed by atoms with Crippen molar-refractivity contribution in [3.8, 4) is 0 Å². The van der Waals surface area contributed by atoms with Gasteiger partial charge >= 0.3 is 0 Å². The molecule has 1 fully saturated rings. The fourth-order valence-electron chi connectivity index (χ4n) is 3.28. The molecule has 1 aromatic rings. The number of hydrogen-bond acceptors (Lipinski definition) is 2. The van der Waals surface area contributed by atoms with Gasteiger partial charge in [-0.15, -0.1) is 0 Å². The Labute approximate surface area is 120 Å². The smallest absolute Gasteiger partial charge is 0.226 e. The number of aromatic nitrogens is 2. The maximum absolute atomic E-state index is 12.6. The first kappa shape index (κ1) is 13.4. The summed E-state index contributed by atoms with van der Waals surface area (Å²) in [4.78, 5) is 14.7. The summed E-state index contributed by atoms with van der Waals surface area (Å²) in [5.74, 6) is 0.557. The first-order chi connectivity index (χ1) is 9.74. The summed E-state index contributed by atoms with van der Waals surface area (Å²) >= 11 is 0. The largest absolute Gasteiger partial charge is 0.340 e. The van der Waals surface area contributed by atoms with E-state index < -0.39 is 0 Å². The van der Waals surface area contributed by atoms with Crippen LogP contribution in [0.4, 0.5) is 0 Å². The fourth-order valence-corrected chi connectivity index (χ4v) is 3.28. The van der Waals surface area contributed by atoms with E-state index in [1.54, 1.807) is 0 Å². The van der Waals surface area contributed by atoms with Crippen molar-refractivity contribution >= 4 is 5.91 Å². The van der Waals surface area contributed by atoms with Gasteiger partial charge in [-0.05, 0) is 44.6 Å². The first-order valence-corrected chi connectivity index (χ1v) is 7.68. The van der Waals surface area contributed by atoms with Crippen molar-refractivity contribution in [3.63, 3.8) is 0 Å². The number of nitrogens with zero attached hydrogens (tertiary/aromatic N) is 3. The quantitative estimate of drug-likeness (QED) is 0.777. The number of aryl methyl sites for hydroxylation is 1. The molecule has 20 heavy (non-hydrogen) atoms. The van der Waals surface area contributed by atoms with Crippen LogP contribution in [-0.4, -0.2) is 33.7 Å². The van der Waals surface area contributed by atoms with Gasteiger partial charge in [0.15, 0.2) is 0 Å². The van der Waals surface area contributed by atoms with E-state index in [2.05, 4.69) is 35.3 Å². The number of carbonyl (C=O) groups excluding carboxylic acids is 1. The molecule has 0 saturated carbocycles. The van der Waals surface area contributed by atoms with Crippen molar-refractivity contribution in [2.24, 2.45) is 5.92 Å². The molecule has 3 rings (SSSR count). The molecule has 0 radical (unpaired) electrons. The molecule has 2 heterocycles. The molecule has 1 saturated heterocycles. The van der Waals surface area contributed by atoms with Crippen molar-refractivity contribution in [3.05, 3.63) is 30.1 Å². The fraction of sp³-hybridized carbons (Fsp3) is 0.625. The van der Waals surface area contributed by atoms with E-state index in [9.17, 15) is 4.79 Å². The molecule has 1 aliphatic heterocycles. The van der Waals surface area contributed by atoms with E-state index in [1.165, 1.54) is 5.56 Å². The lowest BCUT2D eigenvalue weighted by Crippen LogP contribution is -2.43. The zero-order valence-electron chi connectivity index (χ0n) is 12.2. The number of likely N-dealkylation sites (tertiary alicyclic amines) is 1. The average Bonchev–Trinajstić information content (AvgIpc) is 2.94. The Morgan fingerprint density at radius 1 is 1.35 bits per heavy atom. The van der Waals surface area contributed by atoms with Crippen molar-refractivity contribution < 1.29 is 4.79 Å². The minimum absolute atomic E-state index is 0.207. The van der Waals surface area contributed by atoms with Crippen LogP contribution in [0.3, 0.4) is 0 Å². The second-order valence-corrected chi connectivity index (χ2v) is 6.06. The Morgan fingerprint density at radius 3 is 2.95 bits per heavy atom. The zero-order valence-corrected chi connectivity index (χ0v) is 12.2. The summed E-state index contributed by atoms with van der Waals surface area (Å²) in [5, 5.41) is 4.41. The first-order valence-electron chi connectivity index (χ1n) is 7.68. The van der Waals surface area contributed by atoms with Gasteiger partial charge in [0.25, 0.3) is 0 Å². The summed E-state index contributed by atoms with van der Waals surface area (Å²) in [5.41, 5.74) is 1.19. The number of rotatable bonds is 2. The standard InChI is InChI=1S/C16H23N3O/c1-13-10-17-19(11-13)15-8-5-9-18(12-15)16(20)14-6-3-2-4-7-14/h2-3,10-11,14-15H,4-9,12H2,1H3/t14-,15-/m0/s1. The molecule has 1 amide bonds. The van der Waals surface area contributed by atoms with Crippen LogP contribution in [0.2, 0.25) is 0 Å². The number of allylic oxidation sites excluding steroid dienone is 2. The Morgan fingerprint density at radius 2 is 2.25 bits per heavy atom. The molecule has 0 unspecified atom stereocenters. The summed E-state index contributed by atoms with van der Waals surface area (Å²) < 4.78 is 2.04. The predicted molar refractivity (Wildman–Crippen MR) is 78.3 cm³/mol. The van der Waals surface area contributed by atoms with Gasteiger partial charge in [-0.1, -0.05) is 12.2 Å². The van der Waals surface area contributed by atoms with Crippen LogP contribution in [0.5, 0.6) is 0 Å². The van der Waals surface area contributed by atoms with Gasteiger partial charge in [-0.2, -0.15) is 5.10 Å². The highest BCUT2D eigenvalue weighted by molar-refractivity contribution is 5.79. The molecule has 4 heteroatoms. The van der Waals surface area contributed by atoms with Gasteiger partial charge in [-0.25, -0.2) is 0 Å². The average molecular weight is 273 g/mol. The number of carbonyl (C=O) groups is 1. The molecule has 0 spiro atoms. The van der Waals surface area contributed by atoms with Gasteiger partial charge in [0, 0.05) is 25.2 Å². The van der Waals surface area contributed by atoms with Crippen LogP contribution in [0.25, 0.3) is 0 Å². The van der Waals surface area contributed by atoms with Crippen molar-refractivity contribution in [2.75, 3.05) is 13.1 Å². The topological polar surface area (TPSA) is 38.1 Å². The molecule has 2 aliphatic rings. The Kier molecular flexibility index (Phi) is 3.90. The van der Waals surface area contributed by atoms with Gasteiger partial charge in [-0.3, -0.25) is 9.48 Å². The van der Waals surface area contributed by atoms with Gasteiger partial charge in [0.1, 0.15) is 0 Å². The Hall–Kier alpha value is -1.58. The summed E-state index contributed by atoms with van der Waals surface area (Å²) in [6, 6.07) is 0.348. The molecule has 108 valence electrons. The van der Waals surface area contributed by atoms with Gasteiger partial charge < -0.3 is 4.90 Å². The van der Waals surface area contributed by atoms with Crippen LogP contribution < -0.4 is 0 Å². The van der Waals surface area contributed by atoms with E-state index in [0.29, 0.717) is 11.9 Å². The summed E-state index contributed by atoms with van der Waals surface area (Å²) in [6.07, 6.45) is 13.5. The third-order valence-electron chi connectivity index (χ3n) is 4.43. The van der Waals surface area contributed by atoms with Crippen molar-refractivity contribution in [1.29, 1.82) is 0 Å². The molecule has 0 aromatic carbocycles. The lowest BCUT2D eigenvalue weighted by atomic mass is 9.92. The molecule has 4 nitrogen and oxygen atoms in total. The van der Waals surface area contributed by atoms with E-state index in [-0.39, 0.29) is 5.92 Å². The highest BCUT2D eigenvalue weighted by atomic mass is 16.2. The molecule has 2 atom stereocenters. The minimum Gasteiger partial charge on any atom is -0.340 e. The molecule has 0 N–H and O–H groups in total. The monoisotopic (exact) mass is 273 g/mol. The van der Waals surface area contributed by atoms with E-state index in [1.807, 2.05) is 10.9 Å². The molecular formula is C16H23N3O. The minimum atomic E-state index is 0.207. The number of piperidine rings is 1. The Bertz CT molecular complexity index is 506. The predicted octanol–water partition coefficient (Wildman–Crippen LogP) is 2.71. The molecule has 1 aliphatic carbocycles. The molecule has 1 aromatic heterocycles. The highest BCUT2D eigenvalue weighted by Gasteiger charge is 2.29. The number of amides is 1. The molecular weight excluding hydrogens is 250 g/mol. The van der Waals surface area contributed by atoms with E-state index in [0.717, 1.165) is 45.2 Å². The highest BCUT2D eigenvalue weighted by Crippen LogP contribution is 2.26. The second kappa shape index (κ2) is 5.81. The van der Waals surface area contributed by atoms with Crippen molar-refractivity contribution in [2.45, 2.75) is 45.1 Å². The van der Waals surface area contributed by atoms with Gasteiger partial charge in [0.2, 0.25) is 5.91 Å². The van der Waals surface area contributed by atoms with Crippen LogP contribution in [0.15, 0.2) is 24.5 Å². The van der Waals surface area contributed by atoms with E-state index >= 15 is 0 Å². The SMILES string of the molecule is Cc1cnn([C@H]2CCCN(C(=O)[C@H]3CC=CCC3)C2)c1. The summed E-state index contributed by atoms with van der Waals surface area (Å²) in [6.45, 7) is 3.79. The number of hydrogen-bond donors (Lipinski definition) is 0. The van der Waals surface area contributed by atoms with E-state index in [4.69, 9.17) is 0 Å². The third-order valence-corrected chi connectivity index (χ3v) is 4.43. The van der Waals surface area contributed by atoms with Crippen LogP contribution >= 0.6 is 0 Å². The van der Waals surface area contributed by atoms with Crippen LogP contribution in [0.1, 0.15) is 43.7 Å². The second-order valence-electron chi connectivity index (χ2n) is 6.06. The normalized spacial score (nSPS) is 26.8.